The summed E-state index contributed by atoms with van der Waals surface area (Å²) in [5.41, 5.74) is 7.25. The van der Waals surface area contributed by atoms with Gasteiger partial charge < -0.3 is 10.2 Å². The molecule has 0 saturated carbocycles. The lowest BCUT2D eigenvalue weighted by atomic mass is 9.93. The number of aliphatic imine (C=N–C) groups is 2. The molecule has 4 aromatic carbocycles. The van der Waals surface area contributed by atoms with E-state index in [1.54, 1.807) is 0 Å². The molecule has 0 radical (unpaired) electrons. The van der Waals surface area contributed by atoms with Crippen LogP contribution in [0.1, 0.15) is 28.4 Å². The van der Waals surface area contributed by atoms with Crippen molar-refractivity contribution in [3.63, 3.8) is 0 Å². The maximum absolute atomic E-state index is 6.59. The number of hydrogen-bond acceptors (Lipinski definition) is 5. The average Bonchev–Trinajstić information content (AvgIpc) is 3.32. The summed E-state index contributed by atoms with van der Waals surface area (Å²) in [5.74, 6) is 1.98. The van der Waals surface area contributed by atoms with Crippen LogP contribution in [0.4, 0.5) is 22.9 Å². The highest BCUT2D eigenvalue weighted by Gasteiger charge is 2.41. The quantitative estimate of drug-likeness (QED) is 0.225. The monoisotopic (exact) mass is 596 g/mol. The summed E-state index contributed by atoms with van der Waals surface area (Å²) in [7, 11) is 0. The molecule has 9 heteroatoms. The van der Waals surface area contributed by atoms with E-state index in [2.05, 4.69) is 16.3 Å². The molecule has 0 unspecified atom stereocenters. The van der Waals surface area contributed by atoms with Crippen molar-refractivity contribution in [1.82, 2.24) is 9.78 Å². The molecule has 0 amide bonds. The summed E-state index contributed by atoms with van der Waals surface area (Å²) < 4.78 is 1.89. The number of benzene rings is 4. The largest absolute Gasteiger partial charge is 0.337 e. The summed E-state index contributed by atoms with van der Waals surface area (Å²) in [5, 5.41) is 10.1. The van der Waals surface area contributed by atoms with Crippen LogP contribution >= 0.6 is 34.8 Å². The van der Waals surface area contributed by atoms with E-state index in [0.717, 1.165) is 51.0 Å². The molecule has 3 heterocycles. The molecule has 0 fully saturated rings. The number of fused-ring (bicyclic) bond motifs is 4. The van der Waals surface area contributed by atoms with Crippen molar-refractivity contribution in [2.24, 2.45) is 9.98 Å². The standard InChI is InChI=1S/C32H23Cl3N6/c1-18-12-14-21(17-24(18)34)36-30-32-38-31-28(19(2)39-41(31)22-8-4-3-5-9-22)29(20-13-15-23(33)25(35)16-20)40(32)27-11-7-6-10-26(27)37-30/h3-17,29H,1-2H3,(H,36,37)/t29-/m0/s1. The molecule has 2 aliphatic heterocycles. The second-order valence-corrected chi connectivity index (χ2v) is 11.2. The number of anilines is 2. The molecule has 0 bridgehead atoms. The van der Waals surface area contributed by atoms with Crippen LogP contribution in [-0.4, -0.2) is 21.5 Å². The van der Waals surface area contributed by atoms with E-state index in [-0.39, 0.29) is 6.04 Å². The summed E-state index contributed by atoms with van der Waals surface area (Å²) in [6.45, 7) is 3.99. The Morgan fingerprint density at radius 2 is 1.54 bits per heavy atom. The number of amidine groups is 2. The lowest BCUT2D eigenvalue weighted by Crippen LogP contribution is -2.46. The highest BCUT2D eigenvalue weighted by molar-refractivity contribution is 6.51. The van der Waals surface area contributed by atoms with Gasteiger partial charge in [0, 0.05) is 16.3 Å². The minimum absolute atomic E-state index is 0.306. The van der Waals surface area contributed by atoms with Crippen LogP contribution < -0.4 is 10.2 Å². The Labute approximate surface area is 252 Å². The first kappa shape index (κ1) is 25.8. The van der Waals surface area contributed by atoms with Crippen molar-refractivity contribution < 1.29 is 0 Å². The highest BCUT2D eigenvalue weighted by Crippen LogP contribution is 2.48. The van der Waals surface area contributed by atoms with Crippen molar-refractivity contribution in [1.29, 1.82) is 0 Å². The van der Waals surface area contributed by atoms with Gasteiger partial charge in [-0.1, -0.05) is 77.3 Å². The third-order valence-electron chi connectivity index (χ3n) is 7.33. The lowest BCUT2D eigenvalue weighted by Gasteiger charge is -2.40. The molecule has 1 N–H and O–H groups in total. The molecular weight excluding hydrogens is 575 g/mol. The van der Waals surface area contributed by atoms with Crippen LogP contribution in [0.2, 0.25) is 15.1 Å². The molecule has 7 rings (SSSR count). The van der Waals surface area contributed by atoms with Crippen LogP contribution in [0.5, 0.6) is 0 Å². The number of aromatic nitrogens is 2. The third kappa shape index (κ3) is 4.39. The number of para-hydroxylation sites is 3. The minimum Gasteiger partial charge on any atom is -0.337 e. The second kappa shape index (κ2) is 10.1. The molecule has 0 saturated heterocycles. The van der Waals surface area contributed by atoms with Gasteiger partial charge in [0.15, 0.2) is 17.5 Å². The lowest BCUT2D eigenvalue weighted by molar-refractivity contribution is 0.815. The fourth-order valence-electron chi connectivity index (χ4n) is 5.35. The fraction of sp³-hybridized carbons (Fsp3) is 0.0938. The maximum atomic E-state index is 6.59. The van der Waals surface area contributed by atoms with E-state index in [4.69, 9.17) is 49.9 Å². The van der Waals surface area contributed by atoms with E-state index >= 15 is 0 Å². The van der Waals surface area contributed by atoms with Gasteiger partial charge in [0.1, 0.15) is 0 Å². The van der Waals surface area contributed by atoms with E-state index in [0.29, 0.717) is 26.7 Å². The van der Waals surface area contributed by atoms with Crippen LogP contribution in [0.25, 0.3) is 5.69 Å². The summed E-state index contributed by atoms with van der Waals surface area (Å²) >= 11 is 19.4. The SMILES string of the molecule is Cc1ccc(NC2=Nc3ccccc3N3C2=Nc2c(c(C)nn2-c2ccccc2)[C@@H]3c2ccc(Cl)c(Cl)c2)cc1Cl. The smallest absolute Gasteiger partial charge is 0.179 e. The Morgan fingerprint density at radius 1 is 0.756 bits per heavy atom. The van der Waals surface area contributed by atoms with Crippen molar-refractivity contribution >= 4 is 69.4 Å². The van der Waals surface area contributed by atoms with Crippen molar-refractivity contribution in [3.05, 3.63) is 128 Å². The first-order valence-electron chi connectivity index (χ1n) is 13.1. The highest BCUT2D eigenvalue weighted by atomic mass is 35.5. The van der Waals surface area contributed by atoms with Gasteiger partial charge in [-0.3, -0.25) is 0 Å². The Kier molecular flexibility index (Phi) is 6.35. The topological polar surface area (TPSA) is 57.8 Å². The van der Waals surface area contributed by atoms with Gasteiger partial charge in [-0.15, -0.1) is 0 Å². The normalized spacial score (nSPS) is 15.4. The van der Waals surface area contributed by atoms with Gasteiger partial charge >= 0.3 is 0 Å². The van der Waals surface area contributed by atoms with Crippen LogP contribution in [-0.2, 0) is 0 Å². The number of nitrogens with zero attached hydrogens (tertiary/aromatic N) is 5. The predicted octanol–water partition coefficient (Wildman–Crippen LogP) is 9.24. The van der Waals surface area contributed by atoms with E-state index < -0.39 is 0 Å². The zero-order chi connectivity index (χ0) is 28.2. The van der Waals surface area contributed by atoms with Crippen LogP contribution in [0.3, 0.4) is 0 Å². The van der Waals surface area contributed by atoms with Gasteiger partial charge in [-0.05, 0) is 73.5 Å². The van der Waals surface area contributed by atoms with Crippen molar-refractivity contribution in [3.8, 4) is 5.69 Å². The van der Waals surface area contributed by atoms with Crippen molar-refractivity contribution in [2.45, 2.75) is 19.9 Å². The molecule has 41 heavy (non-hydrogen) atoms. The number of nitrogens with one attached hydrogen (secondary N) is 1. The summed E-state index contributed by atoms with van der Waals surface area (Å²) in [4.78, 5) is 12.5. The molecule has 0 spiro atoms. The first-order valence-corrected chi connectivity index (χ1v) is 14.2. The average molecular weight is 598 g/mol. The number of rotatable bonds is 3. The Balaban J connectivity index is 1.50. The van der Waals surface area contributed by atoms with E-state index in [9.17, 15) is 0 Å². The van der Waals surface area contributed by atoms with Crippen molar-refractivity contribution in [2.75, 3.05) is 10.2 Å². The van der Waals surface area contributed by atoms with Gasteiger partial charge in [-0.2, -0.15) is 5.10 Å². The first-order chi connectivity index (χ1) is 19.9. The zero-order valence-electron chi connectivity index (χ0n) is 22.1. The van der Waals surface area contributed by atoms with Gasteiger partial charge in [0.2, 0.25) is 0 Å². The molecule has 202 valence electrons. The Bertz CT molecular complexity index is 1890. The second-order valence-electron chi connectivity index (χ2n) is 9.99. The fourth-order valence-corrected chi connectivity index (χ4v) is 5.84. The van der Waals surface area contributed by atoms with E-state index in [1.165, 1.54) is 0 Å². The van der Waals surface area contributed by atoms with E-state index in [1.807, 2.05) is 103 Å². The molecule has 2 aliphatic rings. The molecule has 1 aromatic heterocycles. The molecule has 5 aromatic rings. The molecule has 1 atom stereocenters. The molecule has 6 nitrogen and oxygen atoms in total. The summed E-state index contributed by atoms with van der Waals surface area (Å²) in [6, 6.07) is 29.4. The number of halogens is 3. The molecule has 0 aliphatic carbocycles. The maximum Gasteiger partial charge on any atom is 0.179 e. The number of aryl methyl sites for hydroxylation is 2. The minimum atomic E-state index is -0.306. The van der Waals surface area contributed by atoms with Crippen LogP contribution in [0, 0.1) is 13.8 Å². The Hall–Kier alpha value is -4.10. The third-order valence-corrected chi connectivity index (χ3v) is 8.48. The van der Waals surface area contributed by atoms with Crippen LogP contribution in [0.15, 0.2) is 101 Å². The summed E-state index contributed by atoms with van der Waals surface area (Å²) in [6.07, 6.45) is 0. The molecular formula is C32H23Cl3N6. The predicted molar refractivity (Wildman–Crippen MR) is 170 cm³/mol. The van der Waals surface area contributed by atoms with Gasteiger partial charge in [-0.25, -0.2) is 14.7 Å². The zero-order valence-corrected chi connectivity index (χ0v) is 24.4. The Morgan fingerprint density at radius 3 is 2.32 bits per heavy atom. The van der Waals surface area contributed by atoms with Gasteiger partial charge in [0.05, 0.1) is 38.8 Å². The van der Waals surface area contributed by atoms with Gasteiger partial charge in [0.25, 0.3) is 0 Å². The number of hydrogen-bond donors (Lipinski definition) is 1.